The SMILES string of the molecule is COc1cccc(COC(C)C(=O)N2CCN(C(=O)c3ccc(F)c(F)c3)CC2)c1. The topological polar surface area (TPSA) is 59.1 Å². The van der Waals surface area contributed by atoms with E-state index in [9.17, 15) is 18.4 Å². The minimum atomic E-state index is -1.06. The van der Waals surface area contributed by atoms with E-state index in [1.165, 1.54) is 11.0 Å². The zero-order valence-corrected chi connectivity index (χ0v) is 16.9. The fourth-order valence-electron chi connectivity index (χ4n) is 3.25. The quantitative estimate of drug-likeness (QED) is 0.724. The molecule has 0 N–H and O–H groups in total. The van der Waals surface area contributed by atoms with Crippen molar-refractivity contribution in [1.82, 2.24) is 9.80 Å². The normalized spacial score (nSPS) is 15.1. The van der Waals surface area contributed by atoms with Gasteiger partial charge >= 0.3 is 0 Å². The molecule has 1 atom stereocenters. The van der Waals surface area contributed by atoms with Crippen molar-refractivity contribution < 1.29 is 27.8 Å². The van der Waals surface area contributed by atoms with Crippen LogP contribution in [0.2, 0.25) is 0 Å². The van der Waals surface area contributed by atoms with Crippen LogP contribution in [-0.4, -0.2) is 61.0 Å². The number of hydrogen-bond acceptors (Lipinski definition) is 4. The molecule has 0 aromatic heterocycles. The summed E-state index contributed by atoms with van der Waals surface area (Å²) >= 11 is 0. The molecule has 1 unspecified atom stereocenters. The second-order valence-corrected chi connectivity index (χ2v) is 7.05. The van der Waals surface area contributed by atoms with Gasteiger partial charge in [0.2, 0.25) is 0 Å². The maximum Gasteiger partial charge on any atom is 0.254 e. The van der Waals surface area contributed by atoms with Crippen molar-refractivity contribution in [1.29, 1.82) is 0 Å². The predicted octanol–water partition coefficient (Wildman–Crippen LogP) is 2.86. The molecule has 3 rings (SSSR count). The van der Waals surface area contributed by atoms with E-state index < -0.39 is 17.7 Å². The molecule has 1 aliphatic heterocycles. The second-order valence-electron chi connectivity index (χ2n) is 7.05. The van der Waals surface area contributed by atoms with Crippen molar-refractivity contribution in [3.05, 3.63) is 65.2 Å². The van der Waals surface area contributed by atoms with Gasteiger partial charge in [0.15, 0.2) is 11.6 Å². The molecule has 160 valence electrons. The van der Waals surface area contributed by atoms with Crippen LogP contribution in [0.1, 0.15) is 22.8 Å². The molecule has 2 amide bonds. The monoisotopic (exact) mass is 418 g/mol. The maximum absolute atomic E-state index is 13.4. The van der Waals surface area contributed by atoms with Crippen molar-refractivity contribution in [2.24, 2.45) is 0 Å². The van der Waals surface area contributed by atoms with E-state index in [1.807, 2.05) is 24.3 Å². The Balaban J connectivity index is 1.50. The highest BCUT2D eigenvalue weighted by Crippen LogP contribution is 2.16. The van der Waals surface area contributed by atoms with Gasteiger partial charge in [-0.15, -0.1) is 0 Å². The first-order valence-corrected chi connectivity index (χ1v) is 9.66. The van der Waals surface area contributed by atoms with E-state index in [1.54, 1.807) is 18.9 Å². The van der Waals surface area contributed by atoms with Gasteiger partial charge in [-0.2, -0.15) is 0 Å². The average molecular weight is 418 g/mol. The van der Waals surface area contributed by atoms with E-state index in [-0.39, 0.29) is 24.0 Å². The van der Waals surface area contributed by atoms with Crippen LogP contribution in [0.5, 0.6) is 5.75 Å². The average Bonchev–Trinajstić information content (AvgIpc) is 2.78. The molecule has 30 heavy (non-hydrogen) atoms. The number of hydrogen-bond donors (Lipinski definition) is 0. The van der Waals surface area contributed by atoms with Gasteiger partial charge in [-0.05, 0) is 42.8 Å². The molecular weight excluding hydrogens is 394 g/mol. The number of carbonyl (C=O) groups excluding carboxylic acids is 2. The van der Waals surface area contributed by atoms with Crippen LogP contribution < -0.4 is 4.74 Å². The molecule has 8 heteroatoms. The van der Waals surface area contributed by atoms with Crippen LogP contribution in [0.3, 0.4) is 0 Å². The molecule has 0 spiro atoms. The Morgan fingerprint density at radius 1 is 1.00 bits per heavy atom. The largest absolute Gasteiger partial charge is 0.497 e. The summed E-state index contributed by atoms with van der Waals surface area (Å²) in [4.78, 5) is 28.3. The highest BCUT2D eigenvalue weighted by Gasteiger charge is 2.28. The van der Waals surface area contributed by atoms with E-state index in [2.05, 4.69) is 0 Å². The zero-order chi connectivity index (χ0) is 21.7. The maximum atomic E-state index is 13.4. The van der Waals surface area contributed by atoms with Gasteiger partial charge in [0.05, 0.1) is 13.7 Å². The predicted molar refractivity (Wildman–Crippen MR) is 106 cm³/mol. The molecule has 2 aromatic carbocycles. The minimum absolute atomic E-state index is 0.0867. The lowest BCUT2D eigenvalue weighted by Gasteiger charge is -2.36. The number of nitrogens with zero attached hydrogens (tertiary/aromatic N) is 2. The Morgan fingerprint density at radius 3 is 2.37 bits per heavy atom. The number of piperazine rings is 1. The van der Waals surface area contributed by atoms with E-state index >= 15 is 0 Å². The summed E-state index contributed by atoms with van der Waals surface area (Å²) in [6.07, 6.45) is -0.635. The van der Waals surface area contributed by atoms with Crippen LogP contribution in [0.4, 0.5) is 8.78 Å². The van der Waals surface area contributed by atoms with Gasteiger partial charge in [0, 0.05) is 31.7 Å². The van der Waals surface area contributed by atoms with E-state index in [0.717, 1.165) is 23.4 Å². The van der Waals surface area contributed by atoms with Crippen molar-refractivity contribution in [3.8, 4) is 5.75 Å². The van der Waals surface area contributed by atoms with Gasteiger partial charge < -0.3 is 19.3 Å². The highest BCUT2D eigenvalue weighted by molar-refractivity contribution is 5.94. The lowest BCUT2D eigenvalue weighted by molar-refractivity contribution is -0.144. The van der Waals surface area contributed by atoms with Gasteiger partial charge in [-0.3, -0.25) is 9.59 Å². The zero-order valence-electron chi connectivity index (χ0n) is 16.9. The van der Waals surface area contributed by atoms with Crippen molar-refractivity contribution in [2.75, 3.05) is 33.3 Å². The van der Waals surface area contributed by atoms with Crippen molar-refractivity contribution in [2.45, 2.75) is 19.6 Å². The first-order valence-electron chi connectivity index (χ1n) is 9.66. The molecule has 2 aromatic rings. The standard InChI is InChI=1S/C22H24F2N2O4/c1-15(30-14-16-4-3-5-18(12-16)29-2)21(27)25-8-10-26(11-9-25)22(28)17-6-7-19(23)20(24)13-17/h3-7,12-13,15H,8-11,14H2,1-2H3. The Bertz CT molecular complexity index is 914. The summed E-state index contributed by atoms with van der Waals surface area (Å²) in [7, 11) is 1.59. The molecule has 6 nitrogen and oxygen atoms in total. The Hall–Kier alpha value is -3.00. The summed E-state index contributed by atoms with van der Waals surface area (Å²) < 4.78 is 37.3. The molecule has 0 saturated carbocycles. The van der Waals surface area contributed by atoms with Crippen LogP contribution in [0.15, 0.2) is 42.5 Å². The smallest absolute Gasteiger partial charge is 0.254 e. The Labute approximate surface area is 174 Å². The number of rotatable bonds is 6. The van der Waals surface area contributed by atoms with Crippen molar-refractivity contribution in [3.63, 3.8) is 0 Å². The second kappa shape index (κ2) is 9.67. The van der Waals surface area contributed by atoms with Gasteiger partial charge in [0.25, 0.3) is 11.8 Å². The number of ether oxygens (including phenoxy) is 2. The summed E-state index contributed by atoms with van der Waals surface area (Å²) in [6, 6.07) is 10.5. The molecule has 1 saturated heterocycles. The summed E-state index contributed by atoms with van der Waals surface area (Å²) in [5, 5.41) is 0. The molecule has 0 radical (unpaired) electrons. The fourth-order valence-corrected chi connectivity index (χ4v) is 3.25. The van der Waals surface area contributed by atoms with E-state index in [0.29, 0.717) is 26.2 Å². The minimum Gasteiger partial charge on any atom is -0.497 e. The molecule has 1 fully saturated rings. The van der Waals surface area contributed by atoms with Gasteiger partial charge in [-0.1, -0.05) is 12.1 Å². The lowest BCUT2D eigenvalue weighted by atomic mass is 10.1. The number of carbonyl (C=O) groups is 2. The van der Waals surface area contributed by atoms with E-state index in [4.69, 9.17) is 9.47 Å². The molecule has 1 aliphatic rings. The molecule has 0 bridgehead atoms. The van der Waals surface area contributed by atoms with Gasteiger partial charge in [0.1, 0.15) is 11.9 Å². The third kappa shape index (κ3) is 5.13. The number of amides is 2. The van der Waals surface area contributed by atoms with Gasteiger partial charge in [-0.25, -0.2) is 8.78 Å². The summed E-state index contributed by atoms with van der Waals surface area (Å²) in [5.74, 6) is -1.88. The van der Waals surface area contributed by atoms with Crippen LogP contribution in [0, 0.1) is 11.6 Å². The lowest BCUT2D eigenvalue weighted by Crippen LogP contribution is -2.52. The molecule has 1 heterocycles. The fraction of sp³-hybridized carbons (Fsp3) is 0.364. The number of methoxy groups -OCH3 is 1. The highest BCUT2D eigenvalue weighted by atomic mass is 19.2. The summed E-state index contributed by atoms with van der Waals surface area (Å²) in [5.41, 5.74) is 0.986. The Kier molecular flexibility index (Phi) is 6.99. The first-order chi connectivity index (χ1) is 14.4. The van der Waals surface area contributed by atoms with Crippen LogP contribution >= 0.6 is 0 Å². The number of halogens is 2. The molecular formula is C22H24F2N2O4. The third-order valence-corrected chi connectivity index (χ3v) is 5.03. The molecule has 0 aliphatic carbocycles. The first kappa shape index (κ1) is 21.7. The third-order valence-electron chi connectivity index (χ3n) is 5.03. The van der Waals surface area contributed by atoms with Crippen molar-refractivity contribution >= 4 is 11.8 Å². The van der Waals surface area contributed by atoms with Crippen LogP contribution in [0.25, 0.3) is 0 Å². The number of benzene rings is 2. The Morgan fingerprint density at radius 2 is 1.70 bits per heavy atom. The van der Waals surface area contributed by atoms with Crippen LogP contribution in [-0.2, 0) is 16.1 Å². The summed E-state index contributed by atoms with van der Waals surface area (Å²) in [6.45, 7) is 3.29.